The average molecular weight is 230 g/mol. The van der Waals surface area contributed by atoms with Gasteiger partial charge in [0.1, 0.15) is 0 Å². The van der Waals surface area contributed by atoms with Crippen LogP contribution in [0.15, 0.2) is 36.8 Å². The van der Waals surface area contributed by atoms with E-state index in [1.807, 2.05) is 29.9 Å². The van der Waals surface area contributed by atoms with Gasteiger partial charge < -0.3 is 15.6 Å². The van der Waals surface area contributed by atoms with Crippen LogP contribution in [0.1, 0.15) is 17.3 Å². The summed E-state index contributed by atoms with van der Waals surface area (Å²) in [6, 6.07) is 8.36. The van der Waals surface area contributed by atoms with Crippen molar-refractivity contribution in [3.05, 3.63) is 48.0 Å². The predicted molar refractivity (Wildman–Crippen MR) is 69.8 cm³/mol. The number of hydrogen-bond donors (Lipinski definition) is 2. The lowest BCUT2D eigenvalue weighted by molar-refractivity contribution is 0.706. The second kappa shape index (κ2) is 5.01. The Morgan fingerprint density at radius 1 is 1.47 bits per heavy atom. The van der Waals surface area contributed by atoms with Crippen molar-refractivity contribution in [1.29, 1.82) is 0 Å². The van der Waals surface area contributed by atoms with Gasteiger partial charge in [-0.3, -0.25) is 0 Å². The summed E-state index contributed by atoms with van der Waals surface area (Å²) in [5.74, 6) is 0. The van der Waals surface area contributed by atoms with Gasteiger partial charge in [0.25, 0.3) is 0 Å². The van der Waals surface area contributed by atoms with E-state index in [1.165, 1.54) is 5.56 Å². The molecule has 2 aromatic rings. The van der Waals surface area contributed by atoms with Crippen molar-refractivity contribution in [2.24, 2.45) is 12.8 Å². The lowest BCUT2D eigenvalue weighted by atomic mass is 10.1. The summed E-state index contributed by atoms with van der Waals surface area (Å²) < 4.78 is 1.99. The molecule has 0 aliphatic rings. The van der Waals surface area contributed by atoms with Gasteiger partial charge in [0, 0.05) is 19.3 Å². The van der Waals surface area contributed by atoms with E-state index in [0.29, 0.717) is 6.54 Å². The van der Waals surface area contributed by atoms with Crippen LogP contribution in [0, 0.1) is 6.92 Å². The molecule has 0 aliphatic heterocycles. The number of aromatic nitrogens is 2. The molecule has 0 saturated carbocycles. The van der Waals surface area contributed by atoms with Crippen molar-refractivity contribution in [2.45, 2.75) is 13.0 Å². The van der Waals surface area contributed by atoms with E-state index in [4.69, 9.17) is 5.73 Å². The summed E-state index contributed by atoms with van der Waals surface area (Å²) in [5, 5.41) is 3.43. The Hall–Kier alpha value is -1.81. The molecular formula is C13H18N4. The van der Waals surface area contributed by atoms with Crippen LogP contribution in [-0.2, 0) is 7.05 Å². The fourth-order valence-corrected chi connectivity index (χ4v) is 1.89. The zero-order valence-electron chi connectivity index (χ0n) is 10.2. The van der Waals surface area contributed by atoms with Crippen LogP contribution >= 0.6 is 0 Å². The third kappa shape index (κ3) is 2.65. The third-order valence-electron chi connectivity index (χ3n) is 2.81. The second-order valence-electron chi connectivity index (χ2n) is 4.23. The van der Waals surface area contributed by atoms with E-state index in [-0.39, 0.29) is 6.04 Å². The molecule has 4 heteroatoms. The number of nitrogens with two attached hydrogens (primary N) is 1. The van der Waals surface area contributed by atoms with Crippen molar-refractivity contribution in [3.8, 4) is 0 Å². The first-order chi connectivity index (χ1) is 8.20. The van der Waals surface area contributed by atoms with E-state index in [9.17, 15) is 0 Å². The minimum absolute atomic E-state index is 0.0873. The van der Waals surface area contributed by atoms with Crippen molar-refractivity contribution in [1.82, 2.24) is 9.55 Å². The number of benzene rings is 1. The molecule has 0 spiro atoms. The van der Waals surface area contributed by atoms with Gasteiger partial charge in [-0.2, -0.15) is 0 Å². The number of rotatable bonds is 4. The summed E-state index contributed by atoms with van der Waals surface area (Å²) in [7, 11) is 1.98. The fraction of sp³-hybridized carbons (Fsp3) is 0.308. The van der Waals surface area contributed by atoms with Crippen LogP contribution in [0.5, 0.6) is 0 Å². The summed E-state index contributed by atoms with van der Waals surface area (Å²) in [5.41, 5.74) is 9.22. The van der Waals surface area contributed by atoms with Crippen LogP contribution < -0.4 is 11.1 Å². The topological polar surface area (TPSA) is 55.9 Å². The highest BCUT2D eigenvalue weighted by molar-refractivity contribution is 5.47. The van der Waals surface area contributed by atoms with Gasteiger partial charge in [-0.25, -0.2) is 4.98 Å². The fourth-order valence-electron chi connectivity index (χ4n) is 1.89. The van der Waals surface area contributed by atoms with E-state index < -0.39 is 0 Å². The molecule has 0 saturated heterocycles. The van der Waals surface area contributed by atoms with Gasteiger partial charge in [0.05, 0.1) is 24.3 Å². The molecule has 1 heterocycles. The van der Waals surface area contributed by atoms with Gasteiger partial charge >= 0.3 is 0 Å². The van der Waals surface area contributed by atoms with E-state index in [0.717, 1.165) is 11.4 Å². The first-order valence-electron chi connectivity index (χ1n) is 5.70. The molecular weight excluding hydrogens is 212 g/mol. The molecule has 0 fully saturated rings. The summed E-state index contributed by atoms with van der Waals surface area (Å²) in [4.78, 5) is 4.12. The monoisotopic (exact) mass is 230 g/mol. The number of aryl methyl sites for hydroxylation is 2. The molecule has 0 aliphatic carbocycles. The van der Waals surface area contributed by atoms with Gasteiger partial charge in [-0.1, -0.05) is 12.1 Å². The quantitative estimate of drug-likeness (QED) is 0.842. The number of anilines is 1. The molecule has 90 valence electrons. The standard InChI is InChI=1S/C13H18N4/c1-10-4-3-5-11(6-10)16-12(7-14)13-8-15-9-17(13)2/h3-6,8-9,12,16H,7,14H2,1-2H3. The van der Waals surface area contributed by atoms with E-state index >= 15 is 0 Å². The smallest absolute Gasteiger partial charge is 0.0946 e. The normalized spacial score (nSPS) is 12.4. The van der Waals surface area contributed by atoms with Crippen molar-refractivity contribution >= 4 is 5.69 Å². The first-order valence-corrected chi connectivity index (χ1v) is 5.70. The van der Waals surface area contributed by atoms with E-state index in [2.05, 4.69) is 29.4 Å². The zero-order chi connectivity index (χ0) is 12.3. The second-order valence-corrected chi connectivity index (χ2v) is 4.23. The minimum atomic E-state index is 0.0873. The van der Waals surface area contributed by atoms with Crippen LogP contribution in [0.2, 0.25) is 0 Å². The Morgan fingerprint density at radius 2 is 2.29 bits per heavy atom. The van der Waals surface area contributed by atoms with E-state index in [1.54, 1.807) is 6.33 Å². The molecule has 4 nitrogen and oxygen atoms in total. The highest BCUT2D eigenvalue weighted by Crippen LogP contribution is 2.18. The molecule has 1 aromatic heterocycles. The molecule has 3 N–H and O–H groups in total. The van der Waals surface area contributed by atoms with Crippen molar-refractivity contribution < 1.29 is 0 Å². The highest BCUT2D eigenvalue weighted by Gasteiger charge is 2.12. The number of nitrogens with one attached hydrogen (secondary N) is 1. The van der Waals surface area contributed by atoms with Crippen molar-refractivity contribution in [3.63, 3.8) is 0 Å². The van der Waals surface area contributed by atoms with Crippen LogP contribution in [-0.4, -0.2) is 16.1 Å². The lowest BCUT2D eigenvalue weighted by Crippen LogP contribution is -2.22. The Kier molecular flexibility index (Phi) is 3.44. The molecule has 0 amide bonds. The summed E-state index contributed by atoms with van der Waals surface area (Å²) >= 11 is 0. The Balaban J connectivity index is 2.19. The molecule has 17 heavy (non-hydrogen) atoms. The SMILES string of the molecule is Cc1cccc(NC(CN)c2cncn2C)c1. The highest BCUT2D eigenvalue weighted by atomic mass is 15.1. The largest absolute Gasteiger partial charge is 0.375 e. The zero-order valence-corrected chi connectivity index (χ0v) is 10.2. The molecule has 0 bridgehead atoms. The number of nitrogens with zero attached hydrogens (tertiary/aromatic N) is 2. The Morgan fingerprint density at radius 3 is 2.88 bits per heavy atom. The van der Waals surface area contributed by atoms with Crippen LogP contribution in [0.25, 0.3) is 0 Å². The molecule has 1 atom stereocenters. The molecule has 1 aromatic carbocycles. The maximum atomic E-state index is 5.82. The van der Waals surface area contributed by atoms with Gasteiger partial charge in [-0.15, -0.1) is 0 Å². The summed E-state index contributed by atoms with van der Waals surface area (Å²) in [6.07, 6.45) is 3.64. The summed E-state index contributed by atoms with van der Waals surface area (Å²) in [6.45, 7) is 2.61. The average Bonchev–Trinajstić information content (AvgIpc) is 2.72. The maximum absolute atomic E-state index is 5.82. The maximum Gasteiger partial charge on any atom is 0.0946 e. The molecule has 0 radical (unpaired) electrons. The minimum Gasteiger partial charge on any atom is -0.375 e. The first kappa shape index (κ1) is 11.7. The predicted octanol–water partition coefficient (Wildman–Crippen LogP) is 1.84. The lowest BCUT2D eigenvalue weighted by Gasteiger charge is -2.18. The Labute approximate surface area is 101 Å². The molecule has 1 unspecified atom stereocenters. The number of hydrogen-bond acceptors (Lipinski definition) is 3. The Bertz CT molecular complexity index is 490. The molecule has 2 rings (SSSR count). The van der Waals surface area contributed by atoms with Crippen LogP contribution in [0.3, 0.4) is 0 Å². The van der Waals surface area contributed by atoms with Crippen LogP contribution in [0.4, 0.5) is 5.69 Å². The van der Waals surface area contributed by atoms with Gasteiger partial charge in [0.2, 0.25) is 0 Å². The van der Waals surface area contributed by atoms with Gasteiger partial charge in [0.15, 0.2) is 0 Å². The number of imidazole rings is 1. The van der Waals surface area contributed by atoms with Gasteiger partial charge in [-0.05, 0) is 24.6 Å². The third-order valence-corrected chi connectivity index (χ3v) is 2.81. The van der Waals surface area contributed by atoms with Crippen molar-refractivity contribution in [2.75, 3.05) is 11.9 Å².